The first-order valence-electron chi connectivity index (χ1n) is 4.99. The van der Waals surface area contributed by atoms with Gasteiger partial charge in [-0.05, 0) is 18.4 Å². The molecule has 2 aromatic heterocycles. The number of aromatic nitrogens is 2. The van der Waals surface area contributed by atoms with Crippen molar-refractivity contribution < 1.29 is 14.4 Å². The van der Waals surface area contributed by atoms with Crippen LogP contribution in [-0.4, -0.2) is 27.3 Å². The Morgan fingerprint density at radius 1 is 1.71 bits per heavy atom. The molecule has 90 valence electrons. The van der Waals surface area contributed by atoms with Gasteiger partial charge in [0, 0.05) is 0 Å². The van der Waals surface area contributed by atoms with E-state index in [2.05, 4.69) is 15.5 Å². The highest BCUT2D eigenvalue weighted by molar-refractivity contribution is 7.13. The summed E-state index contributed by atoms with van der Waals surface area (Å²) in [5.74, 6) is -0.00625. The predicted molar refractivity (Wildman–Crippen MR) is 61.5 cm³/mol. The van der Waals surface area contributed by atoms with Crippen LogP contribution >= 0.6 is 11.3 Å². The van der Waals surface area contributed by atoms with Gasteiger partial charge in [0.05, 0.1) is 11.4 Å². The smallest absolute Gasteiger partial charge is 0.320 e. The normalized spacial score (nSPS) is 12.5. The first-order chi connectivity index (χ1) is 8.16. The van der Waals surface area contributed by atoms with Crippen molar-refractivity contribution in [1.82, 2.24) is 15.5 Å². The largest absolute Gasteiger partial charge is 0.480 e. The second-order valence-electron chi connectivity index (χ2n) is 3.43. The summed E-state index contributed by atoms with van der Waals surface area (Å²) in [7, 11) is 0. The van der Waals surface area contributed by atoms with Gasteiger partial charge < -0.3 is 9.63 Å². The minimum Gasteiger partial charge on any atom is -0.480 e. The number of carbonyl (C=O) groups is 1. The Morgan fingerprint density at radius 2 is 2.53 bits per heavy atom. The molecule has 2 heterocycles. The molecule has 2 N–H and O–H groups in total. The van der Waals surface area contributed by atoms with Crippen LogP contribution in [0.3, 0.4) is 0 Å². The Balaban J connectivity index is 1.97. The lowest BCUT2D eigenvalue weighted by Gasteiger charge is -2.05. The molecule has 0 amide bonds. The van der Waals surface area contributed by atoms with Crippen molar-refractivity contribution in [3.05, 3.63) is 23.3 Å². The number of thiophene rings is 1. The van der Waals surface area contributed by atoms with Crippen molar-refractivity contribution >= 4 is 17.3 Å². The van der Waals surface area contributed by atoms with Crippen LogP contribution < -0.4 is 5.32 Å². The molecule has 0 spiro atoms. The minimum atomic E-state index is -0.910. The van der Waals surface area contributed by atoms with Crippen LogP contribution in [0.5, 0.6) is 0 Å². The molecular formula is C10H11N3O3S. The van der Waals surface area contributed by atoms with Gasteiger partial charge in [-0.1, -0.05) is 11.2 Å². The molecule has 17 heavy (non-hydrogen) atoms. The summed E-state index contributed by atoms with van der Waals surface area (Å²) in [6.07, 6.45) is 0. The molecule has 1 unspecified atom stereocenters. The second kappa shape index (κ2) is 5.07. The van der Waals surface area contributed by atoms with Gasteiger partial charge in [0.15, 0.2) is 5.82 Å². The molecule has 0 aliphatic rings. The van der Waals surface area contributed by atoms with Crippen LogP contribution in [0.25, 0.3) is 10.8 Å². The molecule has 0 radical (unpaired) electrons. The van der Waals surface area contributed by atoms with E-state index in [-0.39, 0.29) is 6.54 Å². The van der Waals surface area contributed by atoms with Gasteiger partial charge in [-0.2, -0.15) is 4.98 Å². The summed E-state index contributed by atoms with van der Waals surface area (Å²) >= 11 is 1.51. The first-order valence-corrected chi connectivity index (χ1v) is 5.87. The molecule has 0 aromatic carbocycles. The van der Waals surface area contributed by atoms with Crippen molar-refractivity contribution in [3.8, 4) is 10.8 Å². The van der Waals surface area contributed by atoms with E-state index in [4.69, 9.17) is 9.63 Å². The molecular weight excluding hydrogens is 242 g/mol. The molecule has 0 aliphatic heterocycles. The van der Waals surface area contributed by atoms with Crippen LogP contribution in [0.4, 0.5) is 0 Å². The van der Waals surface area contributed by atoms with Crippen LogP contribution in [0, 0.1) is 0 Å². The summed E-state index contributed by atoms with van der Waals surface area (Å²) in [5.41, 5.74) is 0. The number of nitrogens with zero attached hydrogens (tertiary/aromatic N) is 2. The number of rotatable bonds is 5. The van der Waals surface area contributed by atoms with E-state index in [1.165, 1.54) is 11.3 Å². The summed E-state index contributed by atoms with van der Waals surface area (Å²) in [6.45, 7) is 1.82. The van der Waals surface area contributed by atoms with E-state index in [1.807, 2.05) is 17.5 Å². The van der Waals surface area contributed by atoms with E-state index in [9.17, 15) is 4.79 Å². The summed E-state index contributed by atoms with van der Waals surface area (Å²) in [6, 6.07) is 3.14. The van der Waals surface area contributed by atoms with Crippen molar-refractivity contribution in [2.24, 2.45) is 0 Å². The third-order valence-electron chi connectivity index (χ3n) is 2.14. The lowest BCUT2D eigenvalue weighted by Crippen LogP contribution is -2.33. The fourth-order valence-electron chi connectivity index (χ4n) is 1.16. The summed E-state index contributed by atoms with van der Waals surface area (Å²) in [5, 5.41) is 17.2. The maximum absolute atomic E-state index is 10.6. The highest BCUT2D eigenvalue weighted by Gasteiger charge is 2.13. The van der Waals surface area contributed by atoms with Gasteiger partial charge in [0.1, 0.15) is 6.04 Å². The Hall–Kier alpha value is -1.73. The highest BCUT2D eigenvalue weighted by atomic mass is 32.1. The first kappa shape index (κ1) is 11.7. The summed E-state index contributed by atoms with van der Waals surface area (Å²) < 4.78 is 5.06. The van der Waals surface area contributed by atoms with Crippen molar-refractivity contribution in [2.75, 3.05) is 0 Å². The molecule has 1 atom stereocenters. The molecule has 0 saturated heterocycles. The van der Waals surface area contributed by atoms with Crippen molar-refractivity contribution in [3.63, 3.8) is 0 Å². The fraction of sp³-hybridized carbons (Fsp3) is 0.300. The van der Waals surface area contributed by atoms with Gasteiger partial charge in [0.25, 0.3) is 5.89 Å². The third kappa shape index (κ3) is 2.89. The van der Waals surface area contributed by atoms with Crippen molar-refractivity contribution in [1.29, 1.82) is 0 Å². The molecule has 0 bridgehead atoms. The van der Waals surface area contributed by atoms with Crippen LogP contribution in [-0.2, 0) is 11.3 Å². The number of nitrogens with one attached hydrogen (secondary N) is 1. The number of hydrogen-bond acceptors (Lipinski definition) is 6. The van der Waals surface area contributed by atoms with Crippen LogP contribution in [0.1, 0.15) is 12.7 Å². The lowest BCUT2D eigenvalue weighted by atomic mass is 10.3. The monoisotopic (exact) mass is 253 g/mol. The molecule has 0 fully saturated rings. The zero-order valence-corrected chi connectivity index (χ0v) is 9.90. The Labute approximate surface area is 101 Å². The maximum Gasteiger partial charge on any atom is 0.320 e. The average molecular weight is 253 g/mol. The van der Waals surface area contributed by atoms with Gasteiger partial charge in [-0.3, -0.25) is 10.1 Å². The predicted octanol–water partition coefficient (Wildman–Crippen LogP) is 1.36. The fourth-order valence-corrected chi connectivity index (χ4v) is 1.80. The molecule has 2 rings (SSSR count). The Morgan fingerprint density at radius 3 is 3.18 bits per heavy atom. The van der Waals surface area contributed by atoms with Crippen molar-refractivity contribution in [2.45, 2.75) is 19.5 Å². The second-order valence-corrected chi connectivity index (χ2v) is 4.38. The number of hydrogen-bond donors (Lipinski definition) is 2. The van der Waals surface area contributed by atoms with E-state index in [0.29, 0.717) is 11.7 Å². The Kier molecular flexibility index (Phi) is 3.50. The lowest BCUT2D eigenvalue weighted by molar-refractivity contribution is -0.139. The minimum absolute atomic E-state index is 0.266. The van der Waals surface area contributed by atoms with Crippen LogP contribution in [0.15, 0.2) is 22.0 Å². The highest BCUT2D eigenvalue weighted by Crippen LogP contribution is 2.22. The standard InChI is InChI=1S/C10H11N3O3S/c1-6(10(14)15)11-5-8-12-9(16-13-8)7-3-2-4-17-7/h2-4,6,11H,5H2,1H3,(H,14,15). The average Bonchev–Trinajstić information content (AvgIpc) is 2.95. The Bertz CT molecular complexity index is 495. The van der Waals surface area contributed by atoms with Gasteiger partial charge in [-0.15, -0.1) is 11.3 Å². The zero-order chi connectivity index (χ0) is 12.3. The SMILES string of the molecule is CC(NCc1noc(-c2cccs2)n1)C(=O)O. The van der Waals surface area contributed by atoms with Gasteiger partial charge in [0.2, 0.25) is 0 Å². The molecule has 2 aromatic rings. The number of carboxylic acids is 1. The van der Waals surface area contributed by atoms with E-state index < -0.39 is 12.0 Å². The van der Waals surface area contributed by atoms with Gasteiger partial charge in [-0.25, -0.2) is 0 Å². The topological polar surface area (TPSA) is 88.3 Å². The number of carboxylic acid groups (broad SMARTS) is 1. The van der Waals surface area contributed by atoms with E-state index in [0.717, 1.165) is 4.88 Å². The third-order valence-corrected chi connectivity index (χ3v) is 2.99. The molecule has 0 saturated carbocycles. The molecule has 7 heteroatoms. The molecule has 6 nitrogen and oxygen atoms in total. The quantitative estimate of drug-likeness (QED) is 0.836. The maximum atomic E-state index is 10.6. The van der Waals surface area contributed by atoms with E-state index in [1.54, 1.807) is 6.92 Å². The van der Waals surface area contributed by atoms with E-state index >= 15 is 0 Å². The van der Waals surface area contributed by atoms with Crippen LogP contribution in [0.2, 0.25) is 0 Å². The van der Waals surface area contributed by atoms with Gasteiger partial charge >= 0.3 is 5.97 Å². The zero-order valence-electron chi connectivity index (χ0n) is 9.08. The summed E-state index contributed by atoms with van der Waals surface area (Å²) in [4.78, 5) is 15.6. The number of aliphatic carboxylic acids is 1. The molecule has 0 aliphatic carbocycles.